The molecule has 0 saturated carbocycles. The zero-order valence-electron chi connectivity index (χ0n) is 13.5. The van der Waals surface area contributed by atoms with Gasteiger partial charge in [-0.3, -0.25) is 0 Å². The minimum absolute atomic E-state index is 0.0445. The van der Waals surface area contributed by atoms with Crippen LogP contribution in [-0.2, 0) is 22.2 Å². The maximum atomic E-state index is 12.5. The monoisotopic (exact) mass is 338 g/mol. The van der Waals surface area contributed by atoms with E-state index in [1.807, 2.05) is 24.3 Å². The van der Waals surface area contributed by atoms with E-state index in [0.29, 0.717) is 19.5 Å². The number of nitrogens with one attached hydrogen (secondary N) is 1. The summed E-state index contributed by atoms with van der Waals surface area (Å²) in [6.45, 7) is 1.19. The molecule has 1 aliphatic carbocycles. The molecule has 5 nitrogen and oxygen atoms in total. The Morgan fingerprint density at radius 3 is 2.52 bits per heavy atom. The lowest BCUT2D eigenvalue weighted by molar-refractivity contribution is 0.0239. The Balaban J connectivity index is 1.72. The highest BCUT2D eigenvalue weighted by Crippen LogP contribution is 2.34. The number of hydrogen-bond acceptors (Lipinski definition) is 3. The summed E-state index contributed by atoms with van der Waals surface area (Å²) < 4.78 is 29.3. The van der Waals surface area contributed by atoms with Crippen LogP contribution in [0.5, 0.6) is 0 Å². The molecular weight excluding hydrogens is 312 g/mol. The first-order valence-electron chi connectivity index (χ1n) is 8.57. The van der Waals surface area contributed by atoms with Crippen LogP contribution in [0.1, 0.15) is 49.7 Å². The number of aryl methyl sites for hydroxylation is 1. The minimum atomic E-state index is -3.52. The molecule has 1 aromatic carbocycles. The number of nitrogens with zero attached hydrogens (tertiary/aromatic N) is 1. The molecule has 0 aromatic heterocycles. The SMILES string of the molecule is O=S(=O)(NCC1(O)CCCc2ccccc21)N1CCCCCC1. The highest BCUT2D eigenvalue weighted by atomic mass is 32.2. The van der Waals surface area contributed by atoms with Crippen molar-refractivity contribution in [3.05, 3.63) is 35.4 Å². The largest absolute Gasteiger partial charge is 0.384 e. The second kappa shape index (κ2) is 6.89. The summed E-state index contributed by atoms with van der Waals surface area (Å²) in [4.78, 5) is 0. The highest BCUT2D eigenvalue weighted by molar-refractivity contribution is 7.87. The van der Waals surface area contributed by atoms with E-state index in [1.54, 1.807) is 0 Å². The van der Waals surface area contributed by atoms with Crippen LogP contribution >= 0.6 is 0 Å². The lowest BCUT2D eigenvalue weighted by atomic mass is 9.79. The van der Waals surface area contributed by atoms with Gasteiger partial charge in [0.1, 0.15) is 5.60 Å². The minimum Gasteiger partial charge on any atom is -0.384 e. The van der Waals surface area contributed by atoms with Crippen LogP contribution in [0.3, 0.4) is 0 Å². The van der Waals surface area contributed by atoms with E-state index in [-0.39, 0.29) is 6.54 Å². The van der Waals surface area contributed by atoms with E-state index in [0.717, 1.165) is 49.7 Å². The van der Waals surface area contributed by atoms with Gasteiger partial charge >= 0.3 is 0 Å². The van der Waals surface area contributed by atoms with E-state index in [4.69, 9.17) is 0 Å². The Hall–Kier alpha value is -0.950. The number of rotatable bonds is 4. The topological polar surface area (TPSA) is 69.6 Å². The molecule has 1 atom stereocenters. The van der Waals surface area contributed by atoms with E-state index < -0.39 is 15.8 Å². The summed E-state index contributed by atoms with van der Waals surface area (Å²) in [6, 6.07) is 7.79. The van der Waals surface area contributed by atoms with Crippen LogP contribution in [0.15, 0.2) is 24.3 Å². The molecule has 0 amide bonds. The zero-order chi connectivity index (χ0) is 16.3. The van der Waals surface area contributed by atoms with Crippen LogP contribution in [0.2, 0.25) is 0 Å². The second-order valence-corrected chi connectivity index (χ2v) is 8.44. The highest BCUT2D eigenvalue weighted by Gasteiger charge is 2.36. The van der Waals surface area contributed by atoms with Crippen molar-refractivity contribution in [3.63, 3.8) is 0 Å². The van der Waals surface area contributed by atoms with Crippen LogP contribution in [0.25, 0.3) is 0 Å². The Bertz CT molecular complexity index is 639. The van der Waals surface area contributed by atoms with E-state index >= 15 is 0 Å². The second-order valence-electron chi connectivity index (χ2n) is 6.68. The third-order valence-electron chi connectivity index (χ3n) is 5.01. The number of aliphatic hydroxyl groups is 1. The molecule has 1 unspecified atom stereocenters. The fourth-order valence-electron chi connectivity index (χ4n) is 3.67. The molecule has 0 bridgehead atoms. The molecule has 2 aliphatic rings. The van der Waals surface area contributed by atoms with Gasteiger partial charge in [-0.1, -0.05) is 37.1 Å². The van der Waals surface area contributed by atoms with Crippen molar-refractivity contribution in [3.8, 4) is 0 Å². The van der Waals surface area contributed by atoms with Crippen molar-refractivity contribution >= 4 is 10.2 Å². The molecule has 1 aliphatic heterocycles. The van der Waals surface area contributed by atoms with Gasteiger partial charge in [0, 0.05) is 19.6 Å². The van der Waals surface area contributed by atoms with Gasteiger partial charge in [0.25, 0.3) is 10.2 Å². The summed E-state index contributed by atoms with van der Waals surface area (Å²) in [5.74, 6) is 0. The fraction of sp³-hybridized carbons (Fsp3) is 0.647. The Morgan fingerprint density at radius 1 is 1.09 bits per heavy atom. The first kappa shape index (κ1) is 16.9. The molecule has 1 saturated heterocycles. The van der Waals surface area contributed by atoms with Crippen LogP contribution in [0, 0.1) is 0 Å². The third-order valence-corrected chi connectivity index (χ3v) is 6.56. The molecule has 2 N–H and O–H groups in total. The van der Waals surface area contributed by atoms with Gasteiger partial charge in [-0.2, -0.15) is 17.4 Å². The van der Waals surface area contributed by atoms with E-state index in [9.17, 15) is 13.5 Å². The maximum Gasteiger partial charge on any atom is 0.279 e. The molecule has 1 fully saturated rings. The van der Waals surface area contributed by atoms with Crippen LogP contribution < -0.4 is 4.72 Å². The predicted octanol–water partition coefficient (Wildman–Crippen LogP) is 1.92. The number of benzene rings is 1. The van der Waals surface area contributed by atoms with Crippen molar-refractivity contribution in [2.45, 2.75) is 50.5 Å². The zero-order valence-corrected chi connectivity index (χ0v) is 14.3. The van der Waals surface area contributed by atoms with Gasteiger partial charge in [0.15, 0.2) is 0 Å². The molecular formula is C17H26N2O3S. The summed E-state index contributed by atoms with van der Waals surface area (Å²) in [5, 5.41) is 11.0. The molecule has 128 valence electrons. The first-order chi connectivity index (χ1) is 11.0. The van der Waals surface area contributed by atoms with Crippen molar-refractivity contribution in [1.82, 2.24) is 9.03 Å². The van der Waals surface area contributed by atoms with Gasteiger partial charge < -0.3 is 5.11 Å². The Labute approximate surface area is 138 Å². The van der Waals surface area contributed by atoms with Gasteiger partial charge in [-0.25, -0.2) is 0 Å². The molecule has 6 heteroatoms. The number of fused-ring (bicyclic) bond motifs is 1. The molecule has 1 aromatic rings. The Kier molecular flexibility index (Phi) is 5.06. The van der Waals surface area contributed by atoms with Crippen molar-refractivity contribution < 1.29 is 13.5 Å². The van der Waals surface area contributed by atoms with E-state index in [1.165, 1.54) is 4.31 Å². The summed E-state index contributed by atoms with van der Waals surface area (Å²) in [5.41, 5.74) is 0.883. The van der Waals surface area contributed by atoms with Gasteiger partial charge in [-0.15, -0.1) is 0 Å². The fourth-order valence-corrected chi connectivity index (χ4v) is 5.01. The lowest BCUT2D eigenvalue weighted by Crippen LogP contribution is -2.48. The summed E-state index contributed by atoms with van der Waals surface area (Å²) in [7, 11) is -3.52. The molecule has 1 heterocycles. The van der Waals surface area contributed by atoms with Crippen LogP contribution in [0.4, 0.5) is 0 Å². The predicted molar refractivity (Wildman–Crippen MR) is 90.2 cm³/mol. The first-order valence-corrected chi connectivity index (χ1v) is 10.0. The molecule has 0 spiro atoms. The van der Waals surface area contributed by atoms with Gasteiger partial charge in [-0.05, 0) is 43.2 Å². The third kappa shape index (κ3) is 3.76. The van der Waals surface area contributed by atoms with Crippen LogP contribution in [-0.4, -0.2) is 37.5 Å². The summed E-state index contributed by atoms with van der Waals surface area (Å²) >= 11 is 0. The van der Waals surface area contributed by atoms with E-state index in [2.05, 4.69) is 4.72 Å². The molecule has 23 heavy (non-hydrogen) atoms. The normalized spacial score (nSPS) is 26.5. The lowest BCUT2D eigenvalue weighted by Gasteiger charge is -2.35. The smallest absolute Gasteiger partial charge is 0.279 e. The quantitative estimate of drug-likeness (QED) is 0.881. The van der Waals surface area contributed by atoms with Gasteiger partial charge in [0.05, 0.1) is 0 Å². The molecule has 0 radical (unpaired) electrons. The molecule has 3 rings (SSSR count). The van der Waals surface area contributed by atoms with Gasteiger partial charge in [0.2, 0.25) is 0 Å². The maximum absolute atomic E-state index is 12.5. The Morgan fingerprint density at radius 2 is 1.78 bits per heavy atom. The van der Waals surface area contributed by atoms with Crippen molar-refractivity contribution in [1.29, 1.82) is 0 Å². The van der Waals surface area contributed by atoms with Crippen molar-refractivity contribution in [2.24, 2.45) is 0 Å². The summed E-state index contributed by atoms with van der Waals surface area (Å²) in [6.07, 6.45) is 6.40. The van der Waals surface area contributed by atoms with Crippen molar-refractivity contribution in [2.75, 3.05) is 19.6 Å². The standard InChI is InChI=1S/C17H26N2O3S/c20-17(11-7-9-15-8-3-4-10-16(15)17)14-18-23(21,22)19-12-5-1-2-6-13-19/h3-4,8,10,18,20H,1-2,5-7,9,11-14H2. The average Bonchev–Trinajstić information content (AvgIpc) is 2.84. The number of hydrogen-bond donors (Lipinski definition) is 2. The average molecular weight is 338 g/mol.